The van der Waals surface area contributed by atoms with E-state index in [4.69, 9.17) is 0 Å². The summed E-state index contributed by atoms with van der Waals surface area (Å²) in [6.45, 7) is 0. The smallest absolute Gasteiger partial charge is 0.0589 e. The van der Waals surface area contributed by atoms with Crippen molar-refractivity contribution in [2.24, 2.45) is 0 Å². The number of rotatable bonds is 0. The standard InChI is InChI=1S/C19H13NS2/c1-3-21-17-8-13-12(5-10(1)17)6-15-14-9-18-11(2-4-22-18)7-16(14)20-19(13)15/h1-5,7-9,15,19-20H,6H2. The van der Waals surface area contributed by atoms with Gasteiger partial charge in [-0.05, 0) is 81.0 Å². The van der Waals surface area contributed by atoms with Crippen LogP contribution in [-0.2, 0) is 6.42 Å². The summed E-state index contributed by atoms with van der Waals surface area (Å²) in [4.78, 5) is 0. The fourth-order valence-electron chi connectivity index (χ4n) is 4.20. The molecule has 106 valence electrons. The van der Waals surface area contributed by atoms with Crippen molar-refractivity contribution in [3.8, 4) is 0 Å². The fraction of sp³-hybridized carbons (Fsp3) is 0.158. The first-order chi connectivity index (χ1) is 10.9. The third kappa shape index (κ3) is 1.38. The lowest BCUT2D eigenvalue weighted by atomic mass is 9.95. The molecule has 0 saturated carbocycles. The summed E-state index contributed by atoms with van der Waals surface area (Å²) < 4.78 is 2.83. The van der Waals surface area contributed by atoms with Crippen LogP contribution in [0.15, 0.2) is 47.2 Å². The summed E-state index contributed by atoms with van der Waals surface area (Å²) in [6.07, 6.45) is 1.17. The molecule has 1 aliphatic heterocycles. The zero-order valence-electron chi connectivity index (χ0n) is 11.8. The molecule has 0 saturated heterocycles. The Kier molecular flexibility index (Phi) is 2.08. The van der Waals surface area contributed by atoms with Gasteiger partial charge < -0.3 is 5.32 Å². The Bertz CT molecular complexity index is 970. The monoisotopic (exact) mass is 319 g/mol. The van der Waals surface area contributed by atoms with Gasteiger partial charge in [-0.1, -0.05) is 0 Å². The number of fused-ring (bicyclic) bond motifs is 7. The lowest BCUT2D eigenvalue weighted by molar-refractivity contribution is 0.678. The lowest BCUT2D eigenvalue weighted by Gasteiger charge is -2.11. The highest BCUT2D eigenvalue weighted by molar-refractivity contribution is 7.17. The minimum absolute atomic E-state index is 0.466. The molecule has 0 amide bonds. The zero-order chi connectivity index (χ0) is 14.3. The Balaban J connectivity index is 1.55. The molecular weight excluding hydrogens is 306 g/mol. The molecule has 6 rings (SSSR count). The SMILES string of the molecule is c1cc2cc3c(cc2s1)C1Cc2cc4ccsc4cc2C1N3. The molecule has 4 aromatic rings. The number of hydrogen-bond donors (Lipinski definition) is 1. The minimum Gasteiger partial charge on any atom is -0.377 e. The van der Waals surface area contributed by atoms with Crippen molar-refractivity contribution in [3.63, 3.8) is 0 Å². The first kappa shape index (κ1) is 11.7. The second kappa shape index (κ2) is 3.92. The molecule has 3 heteroatoms. The van der Waals surface area contributed by atoms with E-state index in [2.05, 4.69) is 52.5 Å². The summed E-state index contributed by atoms with van der Waals surface area (Å²) in [5.74, 6) is 0.605. The zero-order valence-corrected chi connectivity index (χ0v) is 13.4. The van der Waals surface area contributed by atoms with E-state index in [0.29, 0.717) is 12.0 Å². The predicted octanol–water partition coefficient (Wildman–Crippen LogP) is 5.92. The van der Waals surface area contributed by atoms with Gasteiger partial charge in [-0.25, -0.2) is 0 Å². The van der Waals surface area contributed by atoms with Gasteiger partial charge in [-0.2, -0.15) is 0 Å². The molecule has 3 heterocycles. The Morgan fingerprint density at radius 1 is 0.864 bits per heavy atom. The summed E-state index contributed by atoms with van der Waals surface area (Å²) in [5, 5.41) is 11.0. The largest absolute Gasteiger partial charge is 0.377 e. The van der Waals surface area contributed by atoms with Crippen LogP contribution in [0.25, 0.3) is 20.2 Å². The molecule has 0 spiro atoms. The summed E-state index contributed by atoms with van der Waals surface area (Å²) in [6, 6.07) is 14.5. The van der Waals surface area contributed by atoms with Crippen molar-refractivity contribution >= 4 is 48.5 Å². The summed E-state index contributed by atoms with van der Waals surface area (Å²) >= 11 is 3.70. The van der Waals surface area contributed by atoms with Gasteiger partial charge in [-0.15, -0.1) is 22.7 Å². The average Bonchev–Trinajstić information content (AvgIpc) is 3.25. The molecule has 1 aliphatic carbocycles. The molecule has 0 radical (unpaired) electrons. The molecule has 0 fully saturated rings. The second-order valence-corrected chi connectivity index (χ2v) is 8.24. The molecule has 2 aromatic heterocycles. The van der Waals surface area contributed by atoms with Crippen molar-refractivity contribution in [3.05, 3.63) is 63.8 Å². The van der Waals surface area contributed by atoms with E-state index in [1.165, 1.54) is 49.0 Å². The van der Waals surface area contributed by atoms with E-state index in [0.717, 1.165) is 0 Å². The van der Waals surface area contributed by atoms with Gasteiger partial charge in [0.05, 0.1) is 6.04 Å². The third-order valence-corrected chi connectivity index (χ3v) is 6.99. The summed E-state index contributed by atoms with van der Waals surface area (Å²) in [7, 11) is 0. The summed E-state index contributed by atoms with van der Waals surface area (Å²) in [5.41, 5.74) is 5.90. The van der Waals surface area contributed by atoms with Crippen molar-refractivity contribution in [1.29, 1.82) is 0 Å². The van der Waals surface area contributed by atoms with E-state index in [1.54, 1.807) is 0 Å². The van der Waals surface area contributed by atoms with Crippen LogP contribution in [0.4, 0.5) is 5.69 Å². The maximum Gasteiger partial charge on any atom is 0.0589 e. The Hall–Kier alpha value is -1.84. The molecule has 2 aliphatic rings. The minimum atomic E-state index is 0.466. The van der Waals surface area contributed by atoms with E-state index >= 15 is 0 Å². The number of thiophene rings is 2. The normalized spacial score (nSPS) is 21.8. The molecule has 1 N–H and O–H groups in total. The third-order valence-electron chi connectivity index (χ3n) is 5.23. The number of benzene rings is 2. The number of nitrogens with one attached hydrogen (secondary N) is 1. The van der Waals surface area contributed by atoms with Gasteiger partial charge in [0.1, 0.15) is 0 Å². The van der Waals surface area contributed by atoms with Crippen LogP contribution in [0.2, 0.25) is 0 Å². The van der Waals surface area contributed by atoms with E-state index in [1.807, 2.05) is 22.7 Å². The van der Waals surface area contributed by atoms with Crippen LogP contribution in [0.1, 0.15) is 28.7 Å². The van der Waals surface area contributed by atoms with Crippen molar-refractivity contribution in [2.75, 3.05) is 5.32 Å². The highest BCUT2D eigenvalue weighted by Crippen LogP contribution is 2.53. The first-order valence-corrected chi connectivity index (χ1v) is 9.40. The molecule has 0 bridgehead atoms. The Morgan fingerprint density at radius 2 is 1.59 bits per heavy atom. The van der Waals surface area contributed by atoms with Crippen LogP contribution in [-0.4, -0.2) is 0 Å². The van der Waals surface area contributed by atoms with Crippen LogP contribution in [0.5, 0.6) is 0 Å². The number of hydrogen-bond acceptors (Lipinski definition) is 3. The average molecular weight is 319 g/mol. The van der Waals surface area contributed by atoms with Gasteiger partial charge in [0.15, 0.2) is 0 Å². The van der Waals surface area contributed by atoms with Crippen LogP contribution in [0.3, 0.4) is 0 Å². The van der Waals surface area contributed by atoms with Gasteiger partial charge in [0, 0.05) is 21.0 Å². The van der Waals surface area contributed by atoms with E-state index in [-0.39, 0.29) is 0 Å². The van der Waals surface area contributed by atoms with Gasteiger partial charge in [-0.3, -0.25) is 0 Å². The Morgan fingerprint density at radius 3 is 2.41 bits per heavy atom. The lowest BCUT2D eigenvalue weighted by Crippen LogP contribution is -2.05. The second-order valence-electron chi connectivity index (χ2n) is 6.34. The molecule has 22 heavy (non-hydrogen) atoms. The molecule has 1 nitrogen and oxygen atoms in total. The topological polar surface area (TPSA) is 12.0 Å². The Labute approximate surface area is 136 Å². The molecular formula is C19H13NS2. The van der Waals surface area contributed by atoms with Crippen molar-refractivity contribution in [1.82, 2.24) is 0 Å². The maximum atomic E-state index is 3.80. The first-order valence-electron chi connectivity index (χ1n) is 7.64. The van der Waals surface area contributed by atoms with Crippen LogP contribution in [0, 0.1) is 0 Å². The predicted molar refractivity (Wildman–Crippen MR) is 96.5 cm³/mol. The van der Waals surface area contributed by atoms with E-state index < -0.39 is 0 Å². The molecule has 2 aromatic carbocycles. The van der Waals surface area contributed by atoms with Crippen LogP contribution < -0.4 is 5.32 Å². The fourth-order valence-corrected chi connectivity index (χ4v) is 5.84. The molecule has 2 atom stereocenters. The highest BCUT2D eigenvalue weighted by Gasteiger charge is 2.40. The van der Waals surface area contributed by atoms with Gasteiger partial charge in [0.25, 0.3) is 0 Å². The highest BCUT2D eigenvalue weighted by atomic mass is 32.1. The van der Waals surface area contributed by atoms with Gasteiger partial charge in [0.2, 0.25) is 0 Å². The molecule has 2 unspecified atom stereocenters. The van der Waals surface area contributed by atoms with Crippen molar-refractivity contribution in [2.45, 2.75) is 18.4 Å². The van der Waals surface area contributed by atoms with Gasteiger partial charge >= 0.3 is 0 Å². The number of anilines is 1. The quantitative estimate of drug-likeness (QED) is 0.424. The van der Waals surface area contributed by atoms with E-state index in [9.17, 15) is 0 Å². The van der Waals surface area contributed by atoms with Crippen LogP contribution >= 0.6 is 22.7 Å². The van der Waals surface area contributed by atoms with Crippen molar-refractivity contribution < 1.29 is 0 Å². The maximum absolute atomic E-state index is 3.80.